The highest BCUT2D eigenvalue weighted by Crippen LogP contribution is 2.44. The molecule has 5 nitrogen and oxygen atoms in total. The van der Waals surface area contributed by atoms with Crippen molar-refractivity contribution < 1.29 is 9.47 Å². The number of para-hydroxylation sites is 1. The summed E-state index contributed by atoms with van der Waals surface area (Å²) < 4.78 is 10.4. The lowest BCUT2D eigenvalue weighted by Crippen LogP contribution is -2.35. The molecular formula is C17H28IN3O2. The van der Waals surface area contributed by atoms with Crippen molar-refractivity contribution in [2.75, 3.05) is 32.7 Å². The van der Waals surface area contributed by atoms with E-state index in [1.165, 1.54) is 19.3 Å². The molecule has 2 rings (SSSR count). The maximum Gasteiger partial charge on any atom is 0.193 e. The number of methoxy groups -OCH3 is 2. The SMILES string of the molecule is COCCC1(CN=C(N)Nc2ccccc2COC)CCC1.I. The third kappa shape index (κ3) is 5.93. The number of ether oxygens (including phenoxy) is 2. The van der Waals surface area contributed by atoms with Crippen molar-refractivity contribution in [2.45, 2.75) is 32.3 Å². The molecule has 0 aromatic heterocycles. The van der Waals surface area contributed by atoms with Crippen LogP contribution in [0.3, 0.4) is 0 Å². The van der Waals surface area contributed by atoms with Gasteiger partial charge in [0.15, 0.2) is 5.96 Å². The molecular weight excluding hydrogens is 405 g/mol. The van der Waals surface area contributed by atoms with Gasteiger partial charge < -0.3 is 20.5 Å². The molecule has 0 spiro atoms. The lowest BCUT2D eigenvalue weighted by atomic mass is 9.67. The van der Waals surface area contributed by atoms with E-state index in [0.29, 0.717) is 12.6 Å². The first-order chi connectivity index (χ1) is 10.7. The number of hydrogen-bond acceptors (Lipinski definition) is 3. The highest BCUT2D eigenvalue weighted by molar-refractivity contribution is 14.0. The van der Waals surface area contributed by atoms with Gasteiger partial charge >= 0.3 is 0 Å². The van der Waals surface area contributed by atoms with E-state index in [0.717, 1.165) is 30.8 Å². The highest BCUT2D eigenvalue weighted by Gasteiger charge is 2.36. The number of guanidine groups is 1. The van der Waals surface area contributed by atoms with E-state index < -0.39 is 0 Å². The van der Waals surface area contributed by atoms with E-state index in [1.807, 2.05) is 24.3 Å². The van der Waals surface area contributed by atoms with Gasteiger partial charge in [0.05, 0.1) is 6.61 Å². The van der Waals surface area contributed by atoms with Crippen LogP contribution in [0.5, 0.6) is 0 Å². The normalized spacial score (nSPS) is 16.3. The van der Waals surface area contributed by atoms with Crippen LogP contribution in [0.25, 0.3) is 0 Å². The van der Waals surface area contributed by atoms with E-state index in [2.05, 4.69) is 10.3 Å². The molecule has 0 heterocycles. The second-order valence-electron chi connectivity index (χ2n) is 6.01. The van der Waals surface area contributed by atoms with Crippen LogP contribution in [0.2, 0.25) is 0 Å². The van der Waals surface area contributed by atoms with Crippen LogP contribution in [0.15, 0.2) is 29.3 Å². The summed E-state index contributed by atoms with van der Waals surface area (Å²) in [6.45, 7) is 2.11. The largest absolute Gasteiger partial charge is 0.385 e. The van der Waals surface area contributed by atoms with E-state index in [1.54, 1.807) is 14.2 Å². The van der Waals surface area contributed by atoms with Gasteiger partial charge in [-0.1, -0.05) is 24.6 Å². The number of nitrogens with two attached hydrogens (primary N) is 1. The Morgan fingerprint density at radius 1 is 1.26 bits per heavy atom. The fourth-order valence-corrected chi connectivity index (χ4v) is 2.84. The van der Waals surface area contributed by atoms with Gasteiger partial charge in [0.1, 0.15) is 0 Å². The maximum atomic E-state index is 6.05. The molecule has 1 saturated carbocycles. The summed E-state index contributed by atoms with van der Waals surface area (Å²) in [6, 6.07) is 7.97. The molecule has 130 valence electrons. The number of halogens is 1. The quantitative estimate of drug-likeness (QED) is 0.375. The molecule has 0 atom stereocenters. The van der Waals surface area contributed by atoms with Gasteiger partial charge in [-0.3, -0.25) is 4.99 Å². The first-order valence-corrected chi connectivity index (χ1v) is 7.82. The molecule has 1 aromatic carbocycles. The van der Waals surface area contributed by atoms with Crippen molar-refractivity contribution in [1.29, 1.82) is 0 Å². The summed E-state index contributed by atoms with van der Waals surface area (Å²) in [6.07, 6.45) is 4.77. The Hall–Kier alpha value is -0.860. The molecule has 0 aliphatic heterocycles. The van der Waals surface area contributed by atoms with Gasteiger partial charge in [0, 0.05) is 38.6 Å². The average Bonchev–Trinajstić information content (AvgIpc) is 2.48. The molecule has 1 aliphatic carbocycles. The number of nitrogens with one attached hydrogen (secondary N) is 1. The van der Waals surface area contributed by atoms with Crippen molar-refractivity contribution in [1.82, 2.24) is 0 Å². The Morgan fingerprint density at radius 2 is 2.00 bits per heavy atom. The predicted molar refractivity (Wildman–Crippen MR) is 105 cm³/mol. The second kappa shape index (κ2) is 10.1. The fourth-order valence-electron chi connectivity index (χ4n) is 2.84. The summed E-state index contributed by atoms with van der Waals surface area (Å²) in [4.78, 5) is 4.55. The van der Waals surface area contributed by atoms with Crippen molar-refractivity contribution in [3.05, 3.63) is 29.8 Å². The molecule has 0 bridgehead atoms. The monoisotopic (exact) mass is 433 g/mol. The number of hydrogen-bond donors (Lipinski definition) is 2. The molecule has 6 heteroatoms. The molecule has 0 unspecified atom stereocenters. The van der Waals surface area contributed by atoms with E-state index in [-0.39, 0.29) is 29.4 Å². The van der Waals surface area contributed by atoms with Crippen LogP contribution in [-0.2, 0) is 16.1 Å². The third-order valence-electron chi connectivity index (χ3n) is 4.42. The molecule has 0 saturated heterocycles. The molecule has 1 aromatic rings. The molecule has 1 fully saturated rings. The molecule has 0 radical (unpaired) electrons. The summed E-state index contributed by atoms with van der Waals surface area (Å²) in [7, 11) is 3.43. The van der Waals surface area contributed by atoms with E-state index in [9.17, 15) is 0 Å². The zero-order valence-corrected chi connectivity index (χ0v) is 16.3. The van der Waals surface area contributed by atoms with Gasteiger partial charge in [-0.25, -0.2) is 0 Å². The Labute approximate surface area is 156 Å². The van der Waals surface area contributed by atoms with Gasteiger partial charge in [-0.05, 0) is 30.7 Å². The Bertz CT molecular complexity index is 504. The van der Waals surface area contributed by atoms with E-state index in [4.69, 9.17) is 15.2 Å². The van der Waals surface area contributed by atoms with E-state index >= 15 is 0 Å². The smallest absolute Gasteiger partial charge is 0.193 e. The molecule has 3 N–H and O–H groups in total. The minimum absolute atomic E-state index is 0. The summed E-state index contributed by atoms with van der Waals surface area (Å²) in [5.74, 6) is 0.465. The van der Waals surface area contributed by atoms with Crippen LogP contribution in [0, 0.1) is 5.41 Å². The lowest BCUT2D eigenvalue weighted by Gasteiger charge is -2.40. The standard InChI is InChI=1S/C17H27N3O2.HI/c1-21-11-10-17(8-5-9-17)13-19-16(18)20-15-7-4-3-6-14(15)12-22-2;/h3-4,6-7H,5,8-13H2,1-2H3,(H3,18,19,20);1H. The molecule has 0 amide bonds. The average molecular weight is 433 g/mol. The second-order valence-corrected chi connectivity index (χ2v) is 6.01. The lowest BCUT2D eigenvalue weighted by molar-refractivity contribution is 0.0780. The van der Waals surface area contributed by atoms with Crippen molar-refractivity contribution >= 4 is 35.6 Å². The molecule has 23 heavy (non-hydrogen) atoms. The van der Waals surface area contributed by atoms with Gasteiger partial charge in [0.2, 0.25) is 0 Å². The van der Waals surface area contributed by atoms with Gasteiger partial charge in [-0.15, -0.1) is 24.0 Å². The summed E-state index contributed by atoms with van der Waals surface area (Å²) in [5.41, 5.74) is 8.36. The number of nitrogens with zero attached hydrogens (tertiary/aromatic N) is 1. The number of rotatable bonds is 8. The van der Waals surface area contributed by atoms with Crippen LogP contribution < -0.4 is 11.1 Å². The summed E-state index contributed by atoms with van der Waals surface area (Å²) >= 11 is 0. The van der Waals surface area contributed by atoms with Crippen LogP contribution in [0.4, 0.5) is 5.69 Å². The first kappa shape index (κ1) is 20.2. The minimum Gasteiger partial charge on any atom is -0.385 e. The third-order valence-corrected chi connectivity index (χ3v) is 4.42. The maximum absolute atomic E-state index is 6.05. The number of aliphatic imine (C=N–C) groups is 1. The van der Waals surface area contributed by atoms with Crippen molar-refractivity contribution in [3.8, 4) is 0 Å². The van der Waals surface area contributed by atoms with Crippen molar-refractivity contribution in [3.63, 3.8) is 0 Å². The number of anilines is 1. The minimum atomic E-state index is 0. The Morgan fingerprint density at radius 3 is 2.61 bits per heavy atom. The van der Waals surface area contributed by atoms with Gasteiger partial charge in [-0.2, -0.15) is 0 Å². The highest BCUT2D eigenvalue weighted by atomic mass is 127. The van der Waals surface area contributed by atoms with Crippen molar-refractivity contribution in [2.24, 2.45) is 16.1 Å². The topological polar surface area (TPSA) is 68.9 Å². The van der Waals surface area contributed by atoms with Crippen LogP contribution >= 0.6 is 24.0 Å². The summed E-state index contributed by atoms with van der Waals surface area (Å²) in [5, 5.41) is 3.19. The Kier molecular flexibility index (Phi) is 8.86. The fraction of sp³-hybridized carbons (Fsp3) is 0.588. The van der Waals surface area contributed by atoms with Crippen LogP contribution in [0.1, 0.15) is 31.2 Å². The first-order valence-electron chi connectivity index (χ1n) is 7.82. The zero-order valence-electron chi connectivity index (χ0n) is 14.0. The number of benzene rings is 1. The van der Waals surface area contributed by atoms with Crippen LogP contribution in [-0.4, -0.2) is 33.3 Å². The predicted octanol–water partition coefficient (Wildman–Crippen LogP) is 3.38. The van der Waals surface area contributed by atoms with Gasteiger partial charge in [0.25, 0.3) is 0 Å². The molecule has 1 aliphatic rings. The zero-order chi connectivity index (χ0) is 15.8. The Balaban J connectivity index is 0.00000264.